The van der Waals surface area contributed by atoms with Crippen molar-refractivity contribution in [3.05, 3.63) is 66.4 Å². The Morgan fingerprint density at radius 3 is 2.44 bits per heavy atom. The summed E-state index contributed by atoms with van der Waals surface area (Å²) in [6.45, 7) is 0.278. The minimum absolute atomic E-state index is 0.0411. The lowest BCUT2D eigenvalue weighted by atomic mass is 10.2. The van der Waals surface area contributed by atoms with Gasteiger partial charge in [-0.1, -0.05) is 18.2 Å². The summed E-state index contributed by atoms with van der Waals surface area (Å²) in [5.41, 5.74) is 0.511. The molecule has 0 aromatic heterocycles. The zero-order valence-electron chi connectivity index (χ0n) is 13.8. The van der Waals surface area contributed by atoms with Crippen LogP contribution < -0.4 is 10.1 Å². The first-order valence-corrected chi connectivity index (χ1v) is 7.69. The topological polar surface area (TPSA) is 85.6 Å². The predicted octanol–water partition coefficient (Wildman–Crippen LogP) is 2.75. The lowest BCUT2D eigenvalue weighted by Gasteiger charge is -2.12. The maximum Gasteiger partial charge on any atom is 0.267 e. The largest absolute Gasteiger partial charge is 0.457 e. The summed E-state index contributed by atoms with van der Waals surface area (Å²) in [6.07, 6.45) is 1.40. The molecule has 0 spiro atoms. The normalized spacial score (nSPS) is 10.7. The van der Waals surface area contributed by atoms with E-state index in [1.54, 1.807) is 36.2 Å². The van der Waals surface area contributed by atoms with Crippen molar-refractivity contribution in [3.8, 4) is 17.6 Å². The molecule has 128 valence electrons. The molecule has 2 aromatic carbocycles. The molecule has 0 aliphatic heterocycles. The number of amides is 1. The molecule has 2 aromatic rings. The Labute approximate surface area is 146 Å². The Bertz CT molecular complexity index is 765. The van der Waals surface area contributed by atoms with Gasteiger partial charge in [-0.3, -0.25) is 4.79 Å². The van der Waals surface area contributed by atoms with Gasteiger partial charge in [-0.25, -0.2) is 0 Å². The first kappa shape index (κ1) is 18.0. The molecule has 1 amide bonds. The number of nitrogens with zero attached hydrogens (tertiary/aromatic N) is 2. The molecule has 2 N–H and O–H groups in total. The van der Waals surface area contributed by atoms with Crippen molar-refractivity contribution < 1.29 is 14.6 Å². The summed E-state index contributed by atoms with van der Waals surface area (Å²) in [4.78, 5) is 13.7. The maximum absolute atomic E-state index is 12.1. The van der Waals surface area contributed by atoms with Crippen LogP contribution in [0.1, 0.15) is 0 Å². The molecule has 0 radical (unpaired) electrons. The van der Waals surface area contributed by atoms with Gasteiger partial charge in [0.15, 0.2) is 0 Å². The van der Waals surface area contributed by atoms with Crippen LogP contribution in [0.15, 0.2) is 66.4 Å². The molecule has 25 heavy (non-hydrogen) atoms. The summed E-state index contributed by atoms with van der Waals surface area (Å²) in [7, 11) is 1.68. The summed E-state index contributed by atoms with van der Waals surface area (Å²) in [5.74, 6) is 0.854. The van der Waals surface area contributed by atoms with Crippen molar-refractivity contribution >= 4 is 11.6 Å². The van der Waals surface area contributed by atoms with Crippen molar-refractivity contribution in [2.45, 2.75) is 0 Å². The average molecular weight is 337 g/mol. The molecule has 0 saturated carbocycles. The molecule has 6 heteroatoms. The third-order valence-electron chi connectivity index (χ3n) is 3.26. The number of carbonyl (C=O) groups is 1. The third-order valence-corrected chi connectivity index (χ3v) is 3.26. The summed E-state index contributed by atoms with van der Waals surface area (Å²) >= 11 is 0. The van der Waals surface area contributed by atoms with E-state index in [-0.39, 0.29) is 12.2 Å². The first-order valence-electron chi connectivity index (χ1n) is 7.69. The summed E-state index contributed by atoms with van der Waals surface area (Å²) in [6, 6.07) is 18.1. The number of nitrogens with one attached hydrogen (secondary N) is 1. The fourth-order valence-corrected chi connectivity index (χ4v) is 2.01. The van der Waals surface area contributed by atoms with Crippen molar-refractivity contribution in [2.24, 2.45) is 0 Å². The number of anilines is 1. The molecule has 2 rings (SSSR count). The van der Waals surface area contributed by atoms with Crippen LogP contribution in [0.4, 0.5) is 5.69 Å². The number of carbonyl (C=O) groups excluding carboxylic acids is 1. The first-order chi connectivity index (χ1) is 12.1. The van der Waals surface area contributed by atoms with E-state index in [2.05, 4.69) is 5.32 Å². The van der Waals surface area contributed by atoms with Gasteiger partial charge in [0.1, 0.15) is 23.1 Å². The molecule has 0 atom stereocenters. The molecule has 0 bridgehead atoms. The highest BCUT2D eigenvalue weighted by molar-refractivity contribution is 6.06. The van der Waals surface area contributed by atoms with Crippen LogP contribution in [0.25, 0.3) is 0 Å². The van der Waals surface area contributed by atoms with E-state index < -0.39 is 5.91 Å². The monoisotopic (exact) mass is 337 g/mol. The smallest absolute Gasteiger partial charge is 0.267 e. The second-order valence-electron chi connectivity index (χ2n) is 5.25. The Kier molecular flexibility index (Phi) is 6.57. The van der Waals surface area contributed by atoms with Gasteiger partial charge >= 0.3 is 0 Å². The Morgan fingerprint density at radius 1 is 1.20 bits per heavy atom. The summed E-state index contributed by atoms with van der Waals surface area (Å²) in [5, 5.41) is 20.6. The Balaban J connectivity index is 2.00. The van der Waals surface area contributed by atoms with Crippen LogP contribution in [0.3, 0.4) is 0 Å². The number of benzene rings is 2. The van der Waals surface area contributed by atoms with Crippen LogP contribution in [-0.2, 0) is 4.79 Å². The van der Waals surface area contributed by atoms with Gasteiger partial charge in [-0.2, -0.15) is 5.26 Å². The van der Waals surface area contributed by atoms with E-state index in [0.717, 1.165) is 5.75 Å². The number of para-hydroxylation sites is 1. The number of ether oxygens (including phenoxy) is 1. The molecular formula is C19H19N3O3. The van der Waals surface area contributed by atoms with Gasteiger partial charge in [0.05, 0.1) is 6.61 Å². The zero-order valence-corrected chi connectivity index (χ0v) is 13.8. The number of aliphatic hydroxyl groups is 1. The van der Waals surface area contributed by atoms with Crippen LogP contribution in [-0.4, -0.2) is 36.1 Å². The Hall–Kier alpha value is -3.30. The molecule has 0 aliphatic rings. The SMILES string of the molecule is CN(/C=C(/C#N)C(=O)Nc1ccc(Oc2ccccc2)cc1)CCO. The zero-order chi connectivity index (χ0) is 18.1. The van der Waals surface area contributed by atoms with E-state index in [4.69, 9.17) is 15.1 Å². The van der Waals surface area contributed by atoms with Gasteiger partial charge in [0, 0.05) is 25.5 Å². The van der Waals surface area contributed by atoms with E-state index in [1.165, 1.54) is 6.20 Å². The number of aliphatic hydroxyl groups excluding tert-OH is 1. The number of rotatable bonds is 7. The van der Waals surface area contributed by atoms with E-state index in [0.29, 0.717) is 18.0 Å². The van der Waals surface area contributed by atoms with Crippen LogP contribution in [0, 0.1) is 11.3 Å². The molecule has 0 heterocycles. The fraction of sp³-hybridized carbons (Fsp3) is 0.158. The lowest BCUT2D eigenvalue weighted by Crippen LogP contribution is -2.20. The number of nitriles is 1. The highest BCUT2D eigenvalue weighted by atomic mass is 16.5. The van der Waals surface area contributed by atoms with Crippen molar-refractivity contribution in [2.75, 3.05) is 25.5 Å². The highest BCUT2D eigenvalue weighted by Gasteiger charge is 2.10. The van der Waals surface area contributed by atoms with Crippen LogP contribution in [0.5, 0.6) is 11.5 Å². The van der Waals surface area contributed by atoms with Gasteiger partial charge in [0.2, 0.25) is 0 Å². The highest BCUT2D eigenvalue weighted by Crippen LogP contribution is 2.22. The van der Waals surface area contributed by atoms with E-state index in [9.17, 15) is 4.79 Å². The molecule has 0 fully saturated rings. The van der Waals surface area contributed by atoms with E-state index in [1.807, 2.05) is 36.4 Å². The quantitative estimate of drug-likeness (QED) is 0.599. The standard InChI is InChI=1S/C19H19N3O3/c1-22(11-12-23)14-15(13-20)19(24)21-16-7-9-18(10-8-16)25-17-5-3-2-4-6-17/h2-10,14,23H,11-12H2,1H3,(H,21,24)/b15-14-. The third kappa shape index (κ3) is 5.68. The average Bonchev–Trinajstić information content (AvgIpc) is 2.62. The molecule has 6 nitrogen and oxygen atoms in total. The minimum atomic E-state index is -0.510. The number of hydrogen-bond acceptors (Lipinski definition) is 5. The molecule has 0 aliphatic carbocycles. The molecule has 0 saturated heterocycles. The number of likely N-dealkylation sites (N-methyl/N-ethyl adjacent to an activating group) is 1. The van der Waals surface area contributed by atoms with Gasteiger partial charge in [0.25, 0.3) is 5.91 Å². The van der Waals surface area contributed by atoms with Gasteiger partial charge in [-0.05, 0) is 36.4 Å². The summed E-state index contributed by atoms with van der Waals surface area (Å²) < 4.78 is 5.68. The maximum atomic E-state index is 12.1. The van der Waals surface area contributed by atoms with Crippen LogP contribution >= 0.6 is 0 Å². The van der Waals surface area contributed by atoms with Crippen molar-refractivity contribution in [3.63, 3.8) is 0 Å². The molecular weight excluding hydrogens is 318 g/mol. The van der Waals surface area contributed by atoms with Crippen molar-refractivity contribution in [1.29, 1.82) is 5.26 Å². The van der Waals surface area contributed by atoms with Crippen molar-refractivity contribution in [1.82, 2.24) is 4.90 Å². The lowest BCUT2D eigenvalue weighted by molar-refractivity contribution is -0.112. The van der Waals surface area contributed by atoms with Gasteiger partial charge < -0.3 is 20.1 Å². The van der Waals surface area contributed by atoms with E-state index >= 15 is 0 Å². The Morgan fingerprint density at radius 2 is 1.84 bits per heavy atom. The number of hydrogen-bond donors (Lipinski definition) is 2. The van der Waals surface area contributed by atoms with Crippen LogP contribution in [0.2, 0.25) is 0 Å². The second kappa shape index (κ2) is 9.11. The second-order valence-corrected chi connectivity index (χ2v) is 5.25. The fourth-order valence-electron chi connectivity index (χ4n) is 2.01. The minimum Gasteiger partial charge on any atom is -0.457 e. The predicted molar refractivity (Wildman–Crippen MR) is 95.0 cm³/mol. The van der Waals surface area contributed by atoms with Gasteiger partial charge in [-0.15, -0.1) is 0 Å². The molecule has 0 unspecified atom stereocenters.